The van der Waals surface area contributed by atoms with E-state index in [4.69, 9.17) is 0 Å². The third-order valence-corrected chi connectivity index (χ3v) is 4.76. The Morgan fingerprint density at radius 1 is 1.00 bits per heavy atom. The highest BCUT2D eigenvalue weighted by Crippen LogP contribution is 2.17. The lowest BCUT2D eigenvalue weighted by molar-refractivity contribution is -0.123. The molecule has 0 aliphatic carbocycles. The van der Waals surface area contributed by atoms with E-state index in [0.717, 1.165) is 6.26 Å². The van der Waals surface area contributed by atoms with Crippen LogP contribution in [-0.4, -0.2) is 45.8 Å². The predicted octanol–water partition coefficient (Wildman–Crippen LogP) is 2.43. The van der Waals surface area contributed by atoms with Crippen molar-refractivity contribution in [2.45, 2.75) is 11.1 Å². The normalized spacial score (nSPS) is 11.6. The molecule has 0 fully saturated rings. The largest absolute Gasteiger partial charge is 0.405 e. The van der Waals surface area contributed by atoms with Crippen LogP contribution in [0.2, 0.25) is 0 Å². The molecule has 0 saturated heterocycles. The number of halogens is 3. The minimum Gasteiger partial charge on any atom is -0.376 e. The molecule has 2 aromatic carbocycles. The quantitative estimate of drug-likeness (QED) is 0.627. The Balaban J connectivity index is 1.97. The van der Waals surface area contributed by atoms with E-state index in [1.165, 1.54) is 42.5 Å². The van der Waals surface area contributed by atoms with Crippen molar-refractivity contribution in [1.82, 2.24) is 5.32 Å². The van der Waals surface area contributed by atoms with Crippen molar-refractivity contribution >= 4 is 33.0 Å². The summed E-state index contributed by atoms with van der Waals surface area (Å²) in [5.74, 6) is -1.43. The van der Waals surface area contributed by atoms with E-state index in [1.807, 2.05) is 0 Å². The minimum absolute atomic E-state index is 0.0398. The highest BCUT2D eigenvalue weighted by Gasteiger charge is 2.28. The number of benzene rings is 2. The topological polar surface area (TPSA) is 104 Å². The number of amides is 2. The van der Waals surface area contributed by atoms with Gasteiger partial charge in [0, 0.05) is 17.6 Å². The molecule has 156 valence electrons. The van der Waals surface area contributed by atoms with Gasteiger partial charge in [-0.15, -0.1) is 0 Å². The Labute approximate surface area is 165 Å². The van der Waals surface area contributed by atoms with E-state index >= 15 is 0 Å². The third-order valence-electron chi connectivity index (χ3n) is 3.63. The zero-order chi connectivity index (χ0) is 21.7. The van der Waals surface area contributed by atoms with Gasteiger partial charge in [-0.05, 0) is 36.4 Å². The average Bonchev–Trinajstić information content (AvgIpc) is 2.64. The van der Waals surface area contributed by atoms with Crippen LogP contribution < -0.4 is 16.0 Å². The number of carbonyl (C=O) groups excluding carboxylic acids is 2. The maximum Gasteiger partial charge on any atom is 0.405 e. The summed E-state index contributed by atoms with van der Waals surface area (Å²) < 4.78 is 59.6. The minimum atomic E-state index is -4.54. The van der Waals surface area contributed by atoms with E-state index in [9.17, 15) is 31.2 Å². The predicted molar refractivity (Wildman–Crippen MR) is 102 cm³/mol. The Hall–Kier alpha value is -3.08. The number of hydrogen-bond donors (Lipinski definition) is 3. The summed E-state index contributed by atoms with van der Waals surface area (Å²) >= 11 is 0. The first-order valence-electron chi connectivity index (χ1n) is 8.23. The fourth-order valence-electron chi connectivity index (χ4n) is 2.28. The second-order valence-corrected chi connectivity index (χ2v) is 8.06. The SMILES string of the molecule is CS(=O)(=O)c1ccc(NC(=O)CNc2ccccc2C(=O)NCC(F)(F)F)cc1. The van der Waals surface area contributed by atoms with Crippen LogP contribution in [0.4, 0.5) is 24.5 Å². The fourth-order valence-corrected chi connectivity index (χ4v) is 2.91. The van der Waals surface area contributed by atoms with Gasteiger partial charge < -0.3 is 16.0 Å². The molecule has 0 bridgehead atoms. The highest BCUT2D eigenvalue weighted by atomic mass is 32.2. The Morgan fingerprint density at radius 2 is 1.62 bits per heavy atom. The van der Waals surface area contributed by atoms with Crippen LogP contribution in [0.25, 0.3) is 0 Å². The van der Waals surface area contributed by atoms with E-state index in [2.05, 4.69) is 10.6 Å². The third kappa shape index (κ3) is 7.11. The van der Waals surface area contributed by atoms with Crippen molar-refractivity contribution in [3.05, 3.63) is 54.1 Å². The second kappa shape index (κ2) is 8.95. The molecule has 2 amide bonds. The summed E-state index contributed by atoms with van der Waals surface area (Å²) in [6.45, 7) is -1.73. The van der Waals surface area contributed by atoms with Gasteiger partial charge in [-0.1, -0.05) is 12.1 Å². The lowest BCUT2D eigenvalue weighted by Gasteiger charge is -2.13. The smallest absolute Gasteiger partial charge is 0.376 e. The van der Waals surface area contributed by atoms with Crippen LogP contribution in [0.1, 0.15) is 10.4 Å². The zero-order valence-corrected chi connectivity index (χ0v) is 16.0. The molecule has 0 aromatic heterocycles. The zero-order valence-electron chi connectivity index (χ0n) is 15.2. The lowest BCUT2D eigenvalue weighted by atomic mass is 10.1. The Kier molecular flexibility index (Phi) is 6.85. The molecular weight excluding hydrogens is 411 g/mol. The van der Waals surface area contributed by atoms with Gasteiger partial charge in [-0.2, -0.15) is 13.2 Å². The Bertz CT molecular complexity index is 990. The standard InChI is InChI=1S/C18H18F3N3O4S/c1-29(27,28)13-8-6-12(7-9-13)24-16(25)10-22-15-5-3-2-4-14(15)17(26)23-11-18(19,20)21/h2-9,22H,10-11H2,1H3,(H,23,26)(H,24,25). The molecule has 0 saturated carbocycles. The molecule has 2 aromatic rings. The van der Waals surface area contributed by atoms with Crippen LogP contribution in [0.3, 0.4) is 0 Å². The van der Waals surface area contributed by atoms with Crippen LogP contribution in [0.5, 0.6) is 0 Å². The number of carbonyl (C=O) groups is 2. The van der Waals surface area contributed by atoms with Crippen molar-refractivity contribution in [2.75, 3.05) is 30.0 Å². The van der Waals surface area contributed by atoms with E-state index in [0.29, 0.717) is 5.69 Å². The van der Waals surface area contributed by atoms with Crippen LogP contribution in [-0.2, 0) is 14.6 Å². The average molecular weight is 429 g/mol. The number of para-hydroxylation sites is 1. The maximum absolute atomic E-state index is 12.3. The van der Waals surface area contributed by atoms with Gasteiger partial charge in [-0.25, -0.2) is 8.42 Å². The molecule has 7 nitrogen and oxygen atoms in total. The van der Waals surface area contributed by atoms with Crippen molar-refractivity contribution in [2.24, 2.45) is 0 Å². The van der Waals surface area contributed by atoms with Crippen LogP contribution in [0.15, 0.2) is 53.4 Å². The highest BCUT2D eigenvalue weighted by molar-refractivity contribution is 7.90. The summed E-state index contributed by atoms with van der Waals surface area (Å²) in [5.41, 5.74) is 0.511. The van der Waals surface area contributed by atoms with Crippen molar-refractivity contribution in [3.8, 4) is 0 Å². The van der Waals surface area contributed by atoms with Crippen LogP contribution in [0, 0.1) is 0 Å². The van der Waals surface area contributed by atoms with Gasteiger partial charge >= 0.3 is 6.18 Å². The van der Waals surface area contributed by atoms with Gasteiger partial charge in [0.1, 0.15) is 6.54 Å². The number of rotatable bonds is 7. The molecule has 3 N–H and O–H groups in total. The lowest BCUT2D eigenvalue weighted by Crippen LogP contribution is -2.34. The fraction of sp³-hybridized carbons (Fsp3) is 0.222. The molecular formula is C18H18F3N3O4S. The van der Waals surface area contributed by atoms with Crippen molar-refractivity contribution in [1.29, 1.82) is 0 Å². The number of sulfone groups is 1. The molecule has 2 rings (SSSR count). The molecule has 0 heterocycles. The summed E-state index contributed by atoms with van der Waals surface area (Å²) in [7, 11) is -3.35. The van der Waals surface area contributed by atoms with Gasteiger partial charge in [0.2, 0.25) is 5.91 Å². The van der Waals surface area contributed by atoms with Crippen molar-refractivity contribution < 1.29 is 31.2 Å². The monoisotopic (exact) mass is 429 g/mol. The number of nitrogens with one attached hydrogen (secondary N) is 3. The summed E-state index contributed by atoms with van der Waals surface area (Å²) in [4.78, 5) is 24.1. The molecule has 0 radical (unpaired) electrons. The molecule has 0 aliphatic heterocycles. The number of alkyl halides is 3. The van der Waals surface area contributed by atoms with Gasteiger partial charge in [0.25, 0.3) is 5.91 Å². The first-order valence-corrected chi connectivity index (χ1v) is 10.1. The van der Waals surface area contributed by atoms with E-state index in [-0.39, 0.29) is 22.7 Å². The Morgan fingerprint density at radius 3 is 2.21 bits per heavy atom. The summed E-state index contributed by atoms with van der Waals surface area (Å²) in [6, 6.07) is 11.4. The first-order chi connectivity index (χ1) is 13.5. The molecule has 0 unspecified atom stereocenters. The molecule has 11 heteroatoms. The summed E-state index contributed by atoms with van der Waals surface area (Å²) in [6.07, 6.45) is -3.47. The number of anilines is 2. The summed E-state index contributed by atoms with van der Waals surface area (Å²) in [5, 5.41) is 7.01. The van der Waals surface area contributed by atoms with Crippen LogP contribution >= 0.6 is 0 Å². The first kappa shape index (κ1) is 22.2. The molecule has 0 aliphatic rings. The van der Waals surface area contributed by atoms with E-state index in [1.54, 1.807) is 11.4 Å². The molecule has 0 atom stereocenters. The second-order valence-electron chi connectivity index (χ2n) is 6.04. The number of hydrogen-bond acceptors (Lipinski definition) is 5. The maximum atomic E-state index is 12.3. The van der Waals surface area contributed by atoms with E-state index < -0.39 is 34.4 Å². The van der Waals surface area contributed by atoms with Gasteiger partial charge in [-0.3, -0.25) is 9.59 Å². The molecule has 29 heavy (non-hydrogen) atoms. The van der Waals surface area contributed by atoms with Gasteiger partial charge in [0.05, 0.1) is 17.0 Å². The molecule has 0 spiro atoms. The van der Waals surface area contributed by atoms with Crippen molar-refractivity contribution in [3.63, 3.8) is 0 Å². The van der Waals surface area contributed by atoms with Gasteiger partial charge in [0.15, 0.2) is 9.84 Å².